The van der Waals surface area contributed by atoms with Crippen LogP contribution in [0.4, 0.5) is 0 Å². The molecule has 0 bridgehead atoms. The number of nitrogens with zero attached hydrogens (tertiary/aromatic N) is 1. The van der Waals surface area contributed by atoms with E-state index in [1.54, 1.807) is 26.0 Å². The Labute approximate surface area is 140 Å². The van der Waals surface area contributed by atoms with Gasteiger partial charge in [-0.25, -0.2) is 4.79 Å². The van der Waals surface area contributed by atoms with Gasteiger partial charge in [-0.1, -0.05) is 31.2 Å². The van der Waals surface area contributed by atoms with E-state index in [1.165, 1.54) is 0 Å². The number of carbonyl (C=O) groups excluding carboxylic acids is 3. The van der Waals surface area contributed by atoms with Gasteiger partial charge in [0.15, 0.2) is 0 Å². The topological polar surface area (TPSA) is 65.4 Å². The van der Waals surface area contributed by atoms with Crippen LogP contribution in [0.1, 0.15) is 57.0 Å². The van der Waals surface area contributed by atoms with Gasteiger partial charge in [0.1, 0.15) is 0 Å². The zero-order valence-electron chi connectivity index (χ0n) is 14.0. The summed E-state index contributed by atoms with van der Waals surface area (Å²) >= 11 is 0. The summed E-state index contributed by atoms with van der Waals surface area (Å²) in [5.41, 5.74) is 2.80. The molecular weight excluding hydrogens is 306 g/mol. The summed E-state index contributed by atoms with van der Waals surface area (Å²) in [6, 6.07) is 7.04. The Hall–Kier alpha value is -2.69. The standard InChI is InChI=1S/C19H19NO4/c1-4-10-20-11(3)14(19(23)24-5-2)15-16(20)12-8-6-7-9-13(12)17(21)18(15)22/h6-9H,4-5,10H2,1-3H3. The molecule has 0 amide bonds. The average Bonchev–Trinajstić information content (AvgIpc) is 2.86. The molecule has 24 heavy (non-hydrogen) atoms. The van der Waals surface area contributed by atoms with Gasteiger partial charge < -0.3 is 9.30 Å². The van der Waals surface area contributed by atoms with E-state index in [9.17, 15) is 14.4 Å². The molecule has 3 rings (SSSR count). The van der Waals surface area contributed by atoms with Crippen LogP contribution in [0.3, 0.4) is 0 Å². The summed E-state index contributed by atoms with van der Waals surface area (Å²) < 4.78 is 7.07. The summed E-state index contributed by atoms with van der Waals surface area (Å²) in [7, 11) is 0. The van der Waals surface area contributed by atoms with Crippen LogP contribution in [0, 0.1) is 6.92 Å². The Kier molecular flexibility index (Phi) is 4.09. The number of rotatable bonds is 4. The number of ether oxygens (including phenoxy) is 1. The predicted molar refractivity (Wildman–Crippen MR) is 89.5 cm³/mol. The first-order chi connectivity index (χ1) is 11.5. The molecule has 0 saturated heterocycles. The molecule has 0 unspecified atom stereocenters. The number of aromatic nitrogens is 1. The third-order valence-corrected chi connectivity index (χ3v) is 4.31. The Morgan fingerprint density at radius 2 is 1.75 bits per heavy atom. The Bertz CT molecular complexity index is 860. The molecule has 1 aliphatic carbocycles. The van der Waals surface area contributed by atoms with Crippen LogP contribution >= 0.6 is 0 Å². The molecule has 1 aromatic heterocycles. The maximum Gasteiger partial charge on any atom is 0.340 e. The zero-order valence-corrected chi connectivity index (χ0v) is 14.0. The number of hydrogen-bond acceptors (Lipinski definition) is 4. The number of benzene rings is 1. The molecule has 0 saturated carbocycles. The van der Waals surface area contributed by atoms with Gasteiger partial charge >= 0.3 is 5.97 Å². The van der Waals surface area contributed by atoms with Crippen molar-refractivity contribution in [2.75, 3.05) is 6.61 Å². The highest BCUT2D eigenvalue weighted by Gasteiger charge is 2.39. The normalized spacial score (nSPS) is 12.8. The lowest BCUT2D eigenvalue weighted by atomic mass is 9.86. The van der Waals surface area contributed by atoms with Crippen LogP contribution in [0.2, 0.25) is 0 Å². The van der Waals surface area contributed by atoms with Crippen molar-refractivity contribution in [1.82, 2.24) is 4.57 Å². The summed E-state index contributed by atoms with van der Waals surface area (Å²) in [6.45, 7) is 6.40. The van der Waals surface area contributed by atoms with Crippen LogP contribution in [-0.4, -0.2) is 28.7 Å². The van der Waals surface area contributed by atoms with Gasteiger partial charge in [-0.3, -0.25) is 9.59 Å². The molecule has 0 aliphatic heterocycles. The second kappa shape index (κ2) is 6.07. The van der Waals surface area contributed by atoms with E-state index in [1.807, 2.05) is 23.6 Å². The van der Waals surface area contributed by atoms with E-state index in [-0.39, 0.29) is 17.7 Å². The minimum Gasteiger partial charge on any atom is -0.462 e. The van der Waals surface area contributed by atoms with Crippen LogP contribution < -0.4 is 0 Å². The SMILES string of the molecule is CCCn1c(C)c(C(=O)OCC)c2c1-c1ccccc1C(=O)C2=O. The van der Waals surface area contributed by atoms with Crippen molar-refractivity contribution in [2.45, 2.75) is 33.7 Å². The molecule has 0 radical (unpaired) electrons. The molecule has 5 heteroatoms. The lowest BCUT2D eigenvalue weighted by Gasteiger charge is -2.18. The predicted octanol–water partition coefficient (Wildman–Crippen LogP) is 3.43. The number of esters is 1. The third kappa shape index (κ3) is 2.19. The fourth-order valence-corrected chi connectivity index (χ4v) is 3.32. The van der Waals surface area contributed by atoms with E-state index < -0.39 is 17.5 Å². The quantitative estimate of drug-likeness (QED) is 0.638. The maximum atomic E-state index is 12.7. The Morgan fingerprint density at radius 1 is 1.08 bits per heavy atom. The fourth-order valence-electron chi connectivity index (χ4n) is 3.32. The molecule has 0 N–H and O–H groups in total. The van der Waals surface area contributed by atoms with Gasteiger partial charge in [-0.15, -0.1) is 0 Å². The molecule has 2 aromatic rings. The van der Waals surface area contributed by atoms with Crippen LogP contribution in [0.15, 0.2) is 24.3 Å². The molecule has 0 spiro atoms. The maximum absolute atomic E-state index is 12.7. The first kappa shape index (κ1) is 16.2. The van der Waals surface area contributed by atoms with E-state index >= 15 is 0 Å². The van der Waals surface area contributed by atoms with Crippen molar-refractivity contribution in [2.24, 2.45) is 0 Å². The number of hydrogen-bond donors (Lipinski definition) is 0. The highest BCUT2D eigenvalue weighted by molar-refractivity contribution is 6.53. The fraction of sp³-hybridized carbons (Fsp3) is 0.316. The molecule has 124 valence electrons. The first-order valence-corrected chi connectivity index (χ1v) is 8.11. The van der Waals surface area contributed by atoms with E-state index in [4.69, 9.17) is 4.74 Å². The first-order valence-electron chi connectivity index (χ1n) is 8.11. The van der Waals surface area contributed by atoms with Crippen LogP contribution in [-0.2, 0) is 11.3 Å². The smallest absolute Gasteiger partial charge is 0.340 e. The lowest BCUT2D eigenvalue weighted by Crippen LogP contribution is -2.23. The second-order valence-corrected chi connectivity index (χ2v) is 5.76. The van der Waals surface area contributed by atoms with Crippen LogP contribution in [0.25, 0.3) is 11.3 Å². The van der Waals surface area contributed by atoms with Gasteiger partial charge in [0.05, 0.1) is 23.4 Å². The monoisotopic (exact) mass is 325 g/mol. The Morgan fingerprint density at radius 3 is 2.38 bits per heavy atom. The highest BCUT2D eigenvalue weighted by atomic mass is 16.5. The molecule has 1 aliphatic rings. The van der Waals surface area contributed by atoms with Crippen molar-refractivity contribution in [3.8, 4) is 11.3 Å². The number of carbonyl (C=O) groups is 3. The van der Waals surface area contributed by atoms with E-state index in [2.05, 4.69) is 0 Å². The average molecular weight is 325 g/mol. The van der Waals surface area contributed by atoms with Gasteiger partial charge in [-0.2, -0.15) is 0 Å². The molecule has 0 fully saturated rings. The summed E-state index contributed by atoms with van der Waals surface area (Å²) in [5, 5.41) is 0. The minimum absolute atomic E-state index is 0.183. The molecule has 0 atom stereocenters. The van der Waals surface area contributed by atoms with Crippen molar-refractivity contribution >= 4 is 17.5 Å². The number of ketones is 2. The van der Waals surface area contributed by atoms with Gasteiger partial charge in [0.2, 0.25) is 11.6 Å². The molecule has 1 heterocycles. The van der Waals surface area contributed by atoms with Crippen LogP contribution in [0.5, 0.6) is 0 Å². The van der Waals surface area contributed by atoms with E-state index in [0.29, 0.717) is 29.1 Å². The second-order valence-electron chi connectivity index (χ2n) is 5.76. The van der Waals surface area contributed by atoms with Gasteiger partial charge in [-0.05, 0) is 20.3 Å². The lowest BCUT2D eigenvalue weighted by molar-refractivity contribution is 0.0522. The number of fused-ring (bicyclic) bond motifs is 3. The Balaban J connectivity index is 2.38. The largest absolute Gasteiger partial charge is 0.462 e. The highest BCUT2D eigenvalue weighted by Crippen LogP contribution is 2.39. The van der Waals surface area contributed by atoms with Gasteiger partial charge in [0.25, 0.3) is 0 Å². The number of Topliss-reactive ketones (excluding diaryl/α,β-unsaturated/α-hetero) is 2. The van der Waals surface area contributed by atoms with Crippen molar-refractivity contribution < 1.29 is 19.1 Å². The molecule has 1 aromatic carbocycles. The summed E-state index contributed by atoms with van der Waals surface area (Å²) in [4.78, 5) is 37.6. The summed E-state index contributed by atoms with van der Waals surface area (Å²) in [5.74, 6) is -1.76. The van der Waals surface area contributed by atoms with Crippen molar-refractivity contribution in [3.05, 3.63) is 46.6 Å². The molecule has 5 nitrogen and oxygen atoms in total. The molecular formula is C19H19NO4. The van der Waals surface area contributed by atoms with E-state index in [0.717, 1.165) is 6.42 Å². The van der Waals surface area contributed by atoms with Gasteiger partial charge in [0, 0.05) is 23.4 Å². The minimum atomic E-state index is -0.635. The summed E-state index contributed by atoms with van der Waals surface area (Å²) in [6.07, 6.45) is 0.842. The third-order valence-electron chi connectivity index (χ3n) is 4.31. The zero-order chi connectivity index (χ0) is 17.4. The van der Waals surface area contributed by atoms with Crippen molar-refractivity contribution in [1.29, 1.82) is 0 Å². The van der Waals surface area contributed by atoms with Crippen molar-refractivity contribution in [3.63, 3.8) is 0 Å².